The number of furan rings is 1. The standard InChI is InChI=1S/C22H23N3O4/c1-15-6-8-16(9-7-15)25-21(27)18(20(26)23-22(25)28)14-17-10-11-19(29-17)24-12-4-2-3-5-13-24/h6-11,14H,2-5,12-13H2,1H3,(H,23,26,28)/b18-14+. The van der Waals surface area contributed by atoms with Gasteiger partial charge in [0.1, 0.15) is 11.3 Å². The van der Waals surface area contributed by atoms with Crippen molar-refractivity contribution in [1.82, 2.24) is 5.32 Å². The molecule has 3 heterocycles. The molecule has 2 aliphatic heterocycles. The highest BCUT2D eigenvalue weighted by molar-refractivity contribution is 6.39. The fourth-order valence-corrected chi connectivity index (χ4v) is 3.61. The van der Waals surface area contributed by atoms with Crippen molar-refractivity contribution in [3.05, 3.63) is 53.3 Å². The molecular weight excluding hydrogens is 370 g/mol. The molecule has 0 spiro atoms. The van der Waals surface area contributed by atoms with Crippen LogP contribution in [0.3, 0.4) is 0 Å². The molecule has 0 aliphatic carbocycles. The summed E-state index contributed by atoms with van der Waals surface area (Å²) in [5, 5.41) is 2.23. The summed E-state index contributed by atoms with van der Waals surface area (Å²) in [5.74, 6) is -0.263. The highest BCUT2D eigenvalue weighted by Gasteiger charge is 2.37. The Balaban J connectivity index is 1.60. The van der Waals surface area contributed by atoms with Gasteiger partial charge >= 0.3 is 6.03 Å². The minimum atomic E-state index is -0.759. The van der Waals surface area contributed by atoms with E-state index in [2.05, 4.69) is 10.2 Å². The molecule has 0 radical (unpaired) electrons. The molecule has 1 aromatic carbocycles. The van der Waals surface area contributed by atoms with Crippen LogP contribution in [0.25, 0.3) is 6.08 Å². The van der Waals surface area contributed by atoms with Gasteiger partial charge in [0.05, 0.1) is 5.69 Å². The number of nitrogens with one attached hydrogen (secondary N) is 1. The van der Waals surface area contributed by atoms with Crippen LogP contribution >= 0.6 is 0 Å². The highest BCUT2D eigenvalue weighted by Crippen LogP contribution is 2.26. The molecule has 1 N–H and O–H groups in total. The highest BCUT2D eigenvalue weighted by atomic mass is 16.4. The molecule has 2 saturated heterocycles. The summed E-state index contributed by atoms with van der Waals surface area (Å²) < 4.78 is 5.88. The summed E-state index contributed by atoms with van der Waals surface area (Å²) in [6.07, 6.45) is 6.06. The molecule has 150 valence electrons. The number of carbonyl (C=O) groups excluding carboxylic acids is 3. The third kappa shape index (κ3) is 3.94. The summed E-state index contributed by atoms with van der Waals surface area (Å²) in [6, 6.07) is 9.78. The Hall–Kier alpha value is -3.35. The Labute approximate surface area is 169 Å². The lowest BCUT2D eigenvalue weighted by Crippen LogP contribution is -2.54. The van der Waals surface area contributed by atoms with Crippen LogP contribution in [0.4, 0.5) is 16.4 Å². The molecule has 0 unspecified atom stereocenters. The summed E-state index contributed by atoms with van der Waals surface area (Å²) in [4.78, 5) is 40.6. The molecule has 0 saturated carbocycles. The van der Waals surface area contributed by atoms with Gasteiger partial charge in [-0.15, -0.1) is 0 Å². The Kier molecular flexibility index (Phi) is 5.20. The molecule has 7 nitrogen and oxygen atoms in total. The number of benzene rings is 1. The van der Waals surface area contributed by atoms with Crippen molar-refractivity contribution in [2.45, 2.75) is 32.6 Å². The van der Waals surface area contributed by atoms with Gasteiger partial charge in [-0.1, -0.05) is 30.5 Å². The largest absolute Gasteiger partial charge is 0.441 e. The average molecular weight is 393 g/mol. The first-order chi connectivity index (χ1) is 14.0. The van der Waals surface area contributed by atoms with E-state index in [-0.39, 0.29) is 5.57 Å². The van der Waals surface area contributed by atoms with Crippen molar-refractivity contribution in [2.75, 3.05) is 22.9 Å². The van der Waals surface area contributed by atoms with Crippen LogP contribution in [-0.2, 0) is 9.59 Å². The lowest BCUT2D eigenvalue weighted by atomic mass is 10.1. The first-order valence-electron chi connectivity index (χ1n) is 9.86. The number of nitrogens with zero attached hydrogens (tertiary/aromatic N) is 2. The number of aryl methyl sites for hydroxylation is 1. The van der Waals surface area contributed by atoms with Gasteiger partial charge in [-0.3, -0.25) is 14.9 Å². The number of rotatable bonds is 3. The van der Waals surface area contributed by atoms with E-state index in [0.717, 1.165) is 42.3 Å². The molecule has 4 amide bonds. The molecule has 0 bridgehead atoms. The number of hydrogen-bond acceptors (Lipinski definition) is 5. The fraction of sp³-hybridized carbons (Fsp3) is 0.318. The van der Waals surface area contributed by atoms with Crippen molar-refractivity contribution >= 4 is 35.5 Å². The quantitative estimate of drug-likeness (QED) is 0.636. The van der Waals surface area contributed by atoms with E-state index < -0.39 is 17.8 Å². The van der Waals surface area contributed by atoms with Gasteiger partial charge in [-0.25, -0.2) is 9.69 Å². The Bertz CT molecular complexity index is 966. The first kappa shape index (κ1) is 19.0. The van der Waals surface area contributed by atoms with Crippen LogP contribution in [0.5, 0.6) is 0 Å². The van der Waals surface area contributed by atoms with Gasteiger partial charge in [-0.2, -0.15) is 0 Å². The van der Waals surface area contributed by atoms with Crippen LogP contribution < -0.4 is 15.1 Å². The molecule has 4 rings (SSSR count). The lowest BCUT2D eigenvalue weighted by molar-refractivity contribution is -0.122. The minimum Gasteiger partial charge on any atom is -0.441 e. The maximum Gasteiger partial charge on any atom is 0.335 e. The summed E-state index contributed by atoms with van der Waals surface area (Å²) in [6.45, 7) is 3.77. The van der Waals surface area contributed by atoms with E-state index in [1.807, 2.05) is 13.0 Å². The summed E-state index contributed by atoms with van der Waals surface area (Å²) in [7, 11) is 0. The van der Waals surface area contributed by atoms with Crippen LogP contribution in [0, 0.1) is 6.92 Å². The zero-order valence-corrected chi connectivity index (χ0v) is 16.3. The van der Waals surface area contributed by atoms with Gasteiger partial charge in [-0.05, 0) is 44.0 Å². The van der Waals surface area contributed by atoms with E-state index in [0.29, 0.717) is 11.4 Å². The van der Waals surface area contributed by atoms with E-state index in [4.69, 9.17) is 4.42 Å². The Morgan fingerprint density at radius 3 is 2.31 bits per heavy atom. The maximum atomic E-state index is 12.9. The van der Waals surface area contributed by atoms with E-state index >= 15 is 0 Å². The third-order valence-electron chi connectivity index (χ3n) is 5.21. The normalized spacial score (nSPS) is 19.5. The number of amides is 4. The van der Waals surface area contributed by atoms with Gasteiger partial charge in [0.25, 0.3) is 11.8 Å². The minimum absolute atomic E-state index is 0.137. The van der Waals surface area contributed by atoms with Gasteiger partial charge in [0.15, 0.2) is 5.88 Å². The fourth-order valence-electron chi connectivity index (χ4n) is 3.61. The number of anilines is 2. The van der Waals surface area contributed by atoms with E-state index in [1.54, 1.807) is 30.3 Å². The number of hydrogen-bond donors (Lipinski definition) is 1. The van der Waals surface area contributed by atoms with Crippen LogP contribution in [0.1, 0.15) is 37.0 Å². The SMILES string of the molecule is Cc1ccc(N2C(=O)NC(=O)/C(=C\c3ccc(N4CCCCCC4)o3)C2=O)cc1. The van der Waals surface area contributed by atoms with Gasteiger partial charge in [0.2, 0.25) is 0 Å². The maximum absolute atomic E-state index is 12.9. The zero-order chi connectivity index (χ0) is 20.4. The van der Waals surface area contributed by atoms with Crippen molar-refractivity contribution in [3.8, 4) is 0 Å². The van der Waals surface area contributed by atoms with Crippen molar-refractivity contribution in [2.24, 2.45) is 0 Å². The van der Waals surface area contributed by atoms with Crippen LogP contribution in [0.15, 0.2) is 46.4 Å². The Morgan fingerprint density at radius 2 is 1.62 bits per heavy atom. The van der Waals surface area contributed by atoms with Gasteiger partial charge < -0.3 is 9.32 Å². The van der Waals surface area contributed by atoms with Gasteiger partial charge in [0, 0.05) is 19.2 Å². The second-order valence-electron chi connectivity index (χ2n) is 7.37. The smallest absolute Gasteiger partial charge is 0.335 e. The van der Waals surface area contributed by atoms with Crippen LogP contribution in [0.2, 0.25) is 0 Å². The number of barbiturate groups is 1. The molecule has 0 atom stereocenters. The summed E-state index contributed by atoms with van der Waals surface area (Å²) in [5.41, 5.74) is 1.27. The number of imide groups is 2. The first-order valence-corrected chi connectivity index (χ1v) is 9.86. The average Bonchev–Trinajstić information content (AvgIpc) is 2.99. The Morgan fingerprint density at radius 1 is 0.931 bits per heavy atom. The topological polar surface area (TPSA) is 82.9 Å². The van der Waals surface area contributed by atoms with Crippen molar-refractivity contribution < 1.29 is 18.8 Å². The summed E-state index contributed by atoms with van der Waals surface area (Å²) >= 11 is 0. The predicted octanol–water partition coefficient (Wildman–Crippen LogP) is 3.63. The third-order valence-corrected chi connectivity index (χ3v) is 5.21. The van der Waals surface area contributed by atoms with Crippen LogP contribution in [-0.4, -0.2) is 30.9 Å². The molecule has 2 fully saturated rings. The lowest BCUT2D eigenvalue weighted by Gasteiger charge is -2.26. The molecular formula is C22H23N3O4. The molecule has 7 heteroatoms. The van der Waals surface area contributed by atoms with E-state index in [1.165, 1.54) is 18.9 Å². The molecule has 2 aliphatic rings. The monoisotopic (exact) mass is 393 g/mol. The van der Waals surface area contributed by atoms with Crippen molar-refractivity contribution in [3.63, 3.8) is 0 Å². The number of carbonyl (C=O) groups is 3. The predicted molar refractivity (Wildman–Crippen MR) is 110 cm³/mol. The molecule has 2 aromatic rings. The molecule has 1 aromatic heterocycles. The molecule has 29 heavy (non-hydrogen) atoms. The van der Waals surface area contributed by atoms with E-state index in [9.17, 15) is 14.4 Å². The second kappa shape index (κ2) is 7.95. The second-order valence-corrected chi connectivity index (χ2v) is 7.37. The zero-order valence-electron chi connectivity index (χ0n) is 16.3. The number of urea groups is 1. The van der Waals surface area contributed by atoms with Crippen molar-refractivity contribution in [1.29, 1.82) is 0 Å².